The van der Waals surface area contributed by atoms with Crippen LogP contribution in [0.4, 0.5) is 13.2 Å². The molecule has 0 atom stereocenters. The molecule has 0 aliphatic rings. The normalized spacial score (nSPS) is 12.0. The van der Waals surface area contributed by atoms with Crippen molar-refractivity contribution < 1.29 is 32.2 Å². The number of benzene rings is 1. The smallest absolute Gasteiger partial charge is 0.452 e. The maximum atomic E-state index is 12.7. The molecule has 9 heteroatoms. The van der Waals surface area contributed by atoms with Gasteiger partial charge in [-0.1, -0.05) is 12.1 Å². The third-order valence-electron chi connectivity index (χ3n) is 3.28. The molecule has 2 aromatic rings. The first-order chi connectivity index (χ1) is 12.8. The summed E-state index contributed by atoms with van der Waals surface area (Å²) >= 11 is 0. The number of aromatic nitrogens is 2. The number of esters is 1. The monoisotopic (exact) mass is 384 g/mol. The lowest BCUT2D eigenvalue weighted by Gasteiger charge is -2.12. The lowest BCUT2D eigenvalue weighted by atomic mass is 10.2. The topological polar surface area (TPSA) is 62.6 Å². The first-order valence-corrected chi connectivity index (χ1v) is 8.08. The predicted octanol–water partition coefficient (Wildman–Crippen LogP) is 3.81. The van der Waals surface area contributed by atoms with Crippen LogP contribution in [0.15, 0.2) is 48.7 Å². The van der Waals surface area contributed by atoms with Crippen molar-refractivity contribution >= 4 is 5.97 Å². The van der Waals surface area contributed by atoms with Crippen molar-refractivity contribution in [2.24, 2.45) is 0 Å². The number of carbonyl (C=O) groups excluding carboxylic acids is 1. The van der Waals surface area contributed by atoms with Gasteiger partial charge in [-0.3, -0.25) is 9.48 Å². The molecule has 27 heavy (non-hydrogen) atoms. The number of hydrogen-bond acceptors (Lipinski definition) is 5. The summed E-state index contributed by atoms with van der Waals surface area (Å²) < 4.78 is 54.2. The third-order valence-corrected chi connectivity index (χ3v) is 3.28. The maximum Gasteiger partial charge on any atom is 0.452 e. The number of rotatable bonds is 8. The van der Waals surface area contributed by atoms with Crippen LogP contribution in [-0.2, 0) is 27.4 Å². The SMILES string of the molecule is CCO/C(=C\Oc1ccc(Cn2cc(COC(C)=O)cn2)cc1)C(F)(F)F. The van der Waals surface area contributed by atoms with E-state index in [4.69, 9.17) is 9.47 Å². The van der Waals surface area contributed by atoms with Gasteiger partial charge in [-0.2, -0.15) is 18.3 Å². The average Bonchev–Trinajstić information content (AvgIpc) is 3.04. The molecule has 1 aromatic heterocycles. The van der Waals surface area contributed by atoms with Gasteiger partial charge in [-0.05, 0) is 24.6 Å². The molecule has 1 heterocycles. The number of halogens is 3. The average molecular weight is 384 g/mol. The fraction of sp³-hybridized carbons (Fsp3) is 0.333. The maximum absolute atomic E-state index is 12.7. The van der Waals surface area contributed by atoms with Gasteiger partial charge in [0, 0.05) is 18.7 Å². The van der Waals surface area contributed by atoms with Crippen molar-refractivity contribution in [1.82, 2.24) is 9.78 Å². The molecule has 0 bridgehead atoms. The van der Waals surface area contributed by atoms with Crippen LogP contribution in [0, 0.1) is 0 Å². The minimum absolute atomic E-state index is 0.114. The molecule has 0 N–H and O–H groups in total. The van der Waals surface area contributed by atoms with E-state index in [1.807, 2.05) is 0 Å². The summed E-state index contributed by atoms with van der Waals surface area (Å²) in [5.41, 5.74) is 1.63. The first kappa shape index (κ1) is 20.3. The molecule has 0 unspecified atom stereocenters. The molecule has 0 amide bonds. The Labute approximate surface area is 154 Å². The van der Waals surface area contributed by atoms with Crippen LogP contribution in [0.5, 0.6) is 5.75 Å². The van der Waals surface area contributed by atoms with Crippen molar-refractivity contribution in [2.45, 2.75) is 33.2 Å². The lowest BCUT2D eigenvalue weighted by Crippen LogP contribution is -2.15. The Morgan fingerprint density at radius 1 is 1.19 bits per heavy atom. The highest BCUT2D eigenvalue weighted by atomic mass is 19.4. The zero-order valence-electron chi connectivity index (χ0n) is 14.8. The molecular weight excluding hydrogens is 365 g/mol. The van der Waals surface area contributed by atoms with E-state index in [1.54, 1.807) is 41.3 Å². The quantitative estimate of drug-likeness (QED) is 0.512. The summed E-state index contributed by atoms with van der Waals surface area (Å²) in [6, 6.07) is 6.53. The molecule has 6 nitrogen and oxygen atoms in total. The number of hydrogen-bond donors (Lipinski definition) is 0. The van der Waals surface area contributed by atoms with E-state index in [9.17, 15) is 18.0 Å². The van der Waals surface area contributed by atoms with E-state index in [0.29, 0.717) is 12.8 Å². The summed E-state index contributed by atoms with van der Waals surface area (Å²) in [5.74, 6) is -1.31. The molecule has 0 aliphatic carbocycles. The van der Waals surface area contributed by atoms with Gasteiger partial charge in [0.1, 0.15) is 18.6 Å². The second kappa shape index (κ2) is 9.11. The van der Waals surface area contributed by atoms with Gasteiger partial charge in [0.15, 0.2) is 0 Å². The van der Waals surface area contributed by atoms with Gasteiger partial charge in [-0.25, -0.2) is 0 Å². The Balaban J connectivity index is 1.96. The molecule has 0 aliphatic heterocycles. The van der Waals surface area contributed by atoms with E-state index < -0.39 is 11.9 Å². The van der Waals surface area contributed by atoms with Gasteiger partial charge in [0.05, 0.1) is 19.3 Å². The standard InChI is InChI=1S/C18H19F3N2O4/c1-3-25-17(18(19,20)21)12-27-16-6-4-14(5-7-16)9-23-10-15(8-22-23)11-26-13(2)24/h4-8,10,12H,3,9,11H2,1-2H3/b17-12-. The lowest BCUT2D eigenvalue weighted by molar-refractivity contribution is -0.142. The highest BCUT2D eigenvalue weighted by Crippen LogP contribution is 2.27. The van der Waals surface area contributed by atoms with Crippen LogP contribution in [0.25, 0.3) is 0 Å². The van der Waals surface area contributed by atoms with Crippen LogP contribution < -0.4 is 4.74 Å². The van der Waals surface area contributed by atoms with Crippen molar-refractivity contribution in [1.29, 1.82) is 0 Å². The van der Waals surface area contributed by atoms with Crippen LogP contribution in [0.3, 0.4) is 0 Å². The van der Waals surface area contributed by atoms with Crippen molar-refractivity contribution in [3.8, 4) is 5.75 Å². The Bertz CT molecular complexity index is 783. The Morgan fingerprint density at radius 2 is 1.89 bits per heavy atom. The third kappa shape index (κ3) is 6.69. The molecule has 0 saturated heterocycles. The van der Waals surface area contributed by atoms with Gasteiger partial charge in [0.2, 0.25) is 5.76 Å². The number of allylic oxidation sites excluding steroid dienone is 1. The van der Waals surface area contributed by atoms with Crippen molar-refractivity contribution in [3.05, 3.63) is 59.8 Å². The minimum Gasteiger partial charge on any atom is -0.487 e. The molecule has 146 valence electrons. The second-order valence-electron chi connectivity index (χ2n) is 5.50. The van der Waals surface area contributed by atoms with Crippen molar-refractivity contribution in [2.75, 3.05) is 6.61 Å². The van der Waals surface area contributed by atoms with Crippen LogP contribution in [0.1, 0.15) is 25.0 Å². The molecule has 0 spiro atoms. The number of ether oxygens (including phenoxy) is 3. The minimum atomic E-state index is -4.61. The largest absolute Gasteiger partial charge is 0.487 e. The number of carbonyl (C=O) groups is 1. The Kier molecular flexibility index (Phi) is 6.86. The number of alkyl halides is 3. The Morgan fingerprint density at radius 3 is 2.48 bits per heavy atom. The van der Waals surface area contributed by atoms with Crippen LogP contribution in [-0.4, -0.2) is 28.5 Å². The van der Waals surface area contributed by atoms with Gasteiger partial charge in [0.25, 0.3) is 0 Å². The summed E-state index contributed by atoms with van der Waals surface area (Å²) in [4.78, 5) is 10.8. The van der Waals surface area contributed by atoms with E-state index in [2.05, 4.69) is 9.84 Å². The summed E-state index contributed by atoms with van der Waals surface area (Å²) in [6.07, 6.45) is -0.724. The molecule has 0 saturated carbocycles. The molecular formula is C18H19F3N2O4. The summed E-state index contributed by atoms with van der Waals surface area (Å²) in [5, 5.41) is 4.16. The highest BCUT2D eigenvalue weighted by Gasteiger charge is 2.36. The van der Waals surface area contributed by atoms with E-state index in [0.717, 1.165) is 11.1 Å². The molecule has 0 radical (unpaired) electrons. The molecule has 1 aromatic carbocycles. The zero-order valence-corrected chi connectivity index (χ0v) is 14.8. The van der Waals surface area contributed by atoms with Crippen LogP contribution in [0.2, 0.25) is 0 Å². The van der Waals surface area contributed by atoms with Crippen LogP contribution >= 0.6 is 0 Å². The Hall–Kier alpha value is -2.97. The highest BCUT2D eigenvalue weighted by molar-refractivity contribution is 5.65. The second-order valence-corrected chi connectivity index (χ2v) is 5.50. The summed E-state index contributed by atoms with van der Waals surface area (Å²) in [7, 11) is 0. The van der Waals surface area contributed by atoms with Gasteiger partial charge >= 0.3 is 12.1 Å². The van der Waals surface area contributed by atoms with Gasteiger partial charge < -0.3 is 14.2 Å². The zero-order chi connectivity index (χ0) is 19.9. The summed E-state index contributed by atoms with van der Waals surface area (Å²) in [6.45, 7) is 3.27. The predicted molar refractivity (Wildman–Crippen MR) is 89.6 cm³/mol. The first-order valence-electron chi connectivity index (χ1n) is 8.08. The molecule has 2 rings (SSSR count). The van der Waals surface area contributed by atoms with Crippen molar-refractivity contribution in [3.63, 3.8) is 0 Å². The van der Waals surface area contributed by atoms with E-state index >= 15 is 0 Å². The number of nitrogens with zero attached hydrogens (tertiary/aromatic N) is 2. The van der Waals surface area contributed by atoms with E-state index in [1.165, 1.54) is 13.8 Å². The molecule has 0 fully saturated rings. The fourth-order valence-corrected chi connectivity index (χ4v) is 2.07. The van der Waals surface area contributed by atoms with Gasteiger partial charge in [-0.15, -0.1) is 0 Å². The van der Waals surface area contributed by atoms with E-state index in [-0.39, 0.29) is 24.9 Å². The fourth-order valence-electron chi connectivity index (χ4n) is 2.07.